The van der Waals surface area contributed by atoms with Gasteiger partial charge in [-0.25, -0.2) is 0 Å². The lowest BCUT2D eigenvalue weighted by Crippen LogP contribution is -2.34. The van der Waals surface area contributed by atoms with Crippen LogP contribution in [0.2, 0.25) is 0 Å². The molecule has 0 aliphatic carbocycles. The SMILES string of the molecule is CCCCNC(CCC(C)C)C(C)C. The summed E-state index contributed by atoms with van der Waals surface area (Å²) in [6, 6.07) is 0.726. The monoisotopic (exact) mass is 199 g/mol. The van der Waals surface area contributed by atoms with Gasteiger partial charge in [0.15, 0.2) is 0 Å². The Bertz CT molecular complexity index is 118. The van der Waals surface area contributed by atoms with Crippen LogP contribution in [0.3, 0.4) is 0 Å². The highest BCUT2D eigenvalue weighted by molar-refractivity contribution is 4.70. The second-order valence-electron chi connectivity index (χ2n) is 5.13. The quantitative estimate of drug-likeness (QED) is 0.586. The molecule has 0 fully saturated rings. The third-order valence-electron chi connectivity index (χ3n) is 2.80. The predicted octanol–water partition coefficient (Wildman–Crippen LogP) is 3.84. The molecule has 86 valence electrons. The van der Waals surface area contributed by atoms with Crippen molar-refractivity contribution in [3.8, 4) is 0 Å². The third-order valence-corrected chi connectivity index (χ3v) is 2.80. The van der Waals surface area contributed by atoms with E-state index >= 15 is 0 Å². The van der Waals surface area contributed by atoms with Crippen LogP contribution in [0, 0.1) is 11.8 Å². The fraction of sp³-hybridized carbons (Fsp3) is 1.00. The largest absolute Gasteiger partial charge is 0.314 e. The van der Waals surface area contributed by atoms with Gasteiger partial charge in [0.2, 0.25) is 0 Å². The van der Waals surface area contributed by atoms with Crippen molar-refractivity contribution in [3.63, 3.8) is 0 Å². The molecule has 0 saturated carbocycles. The maximum atomic E-state index is 3.68. The van der Waals surface area contributed by atoms with Gasteiger partial charge in [-0.15, -0.1) is 0 Å². The molecular weight excluding hydrogens is 170 g/mol. The third kappa shape index (κ3) is 7.37. The molecule has 0 aromatic carbocycles. The van der Waals surface area contributed by atoms with Gasteiger partial charge < -0.3 is 5.32 Å². The molecule has 0 rings (SSSR count). The molecular formula is C13H29N. The first-order chi connectivity index (χ1) is 6.57. The summed E-state index contributed by atoms with van der Waals surface area (Å²) in [5.41, 5.74) is 0. The van der Waals surface area contributed by atoms with Crippen molar-refractivity contribution in [2.24, 2.45) is 11.8 Å². The smallest absolute Gasteiger partial charge is 0.00901 e. The minimum Gasteiger partial charge on any atom is -0.314 e. The Morgan fingerprint density at radius 2 is 1.64 bits per heavy atom. The molecule has 0 amide bonds. The van der Waals surface area contributed by atoms with Gasteiger partial charge in [-0.05, 0) is 37.6 Å². The first kappa shape index (κ1) is 14.0. The minimum absolute atomic E-state index is 0.726. The average molecular weight is 199 g/mol. The van der Waals surface area contributed by atoms with Crippen LogP contribution in [0.4, 0.5) is 0 Å². The highest BCUT2D eigenvalue weighted by atomic mass is 14.9. The number of nitrogens with one attached hydrogen (secondary N) is 1. The van der Waals surface area contributed by atoms with Gasteiger partial charge in [0.25, 0.3) is 0 Å². The molecule has 0 radical (unpaired) electrons. The molecule has 0 saturated heterocycles. The Labute approximate surface area is 90.7 Å². The summed E-state index contributed by atoms with van der Waals surface area (Å²) in [5.74, 6) is 1.61. The highest BCUT2D eigenvalue weighted by Crippen LogP contribution is 2.13. The Hall–Kier alpha value is -0.0400. The van der Waals surface area contributed by atoms with Gasteiger partial charge >= 0.3 is 0 Å². The zero-order valence-corrected chi connectivity index (χ0v) is 10.8. The lowest BCUT2D eigenvalue weighted by Gasteiger charge is -2.23. The summed E-state index contributed by atoms with van der Waals surface area (Å²) >= 11 is 0. The highest BCUT2D eigenvalue weighted by Gasteiger charge is 2.12. The van der Waals surface area contributed by atoms with E-state index in [0.717, 1.165) is 17.9 Å². The zero-order valence-electron chi connectivity index (χ0n) is 10.8. The minimum atomic E-state index is 0.726. The average Bonchev–Trinajstić information content (AvgIpc) is 2.10. The molecule has 0 spiro atoms. The maximum absolute atomic E-state index is 3.68. The number of unbranched alkanes of at least 4 members (excludes halogenated alkanes) is 1. The van der Waals surface area contributed by atoms with Crippen molar-refractivity contribution >= 4 is 0 Å². The molecule has 1 heteroatoms. The first-order valence-corrected chi connectivity index (χ1v) is 6.31. The van der Waals surface area contributed by atoms with Crippen LogP contribution < -0.4 is 5.32 Å². The van der Waals surface area contributed by atoms with Crippen LogP contribution in [0.1, 0.15) is 60.3 Å². The van der Waals surface area contributed by atoms with Crippen molar-refractivity contribution in [3.05, 3.63) is 0 Å². The van der Waals surface area contributed by atoms with Gasteiger partial charge in [0, 0.05) is 6.04 Å². The van der Waals surface area contributed by atoms with E-state index in [2.05, 4.69) is 39.9 Å². The molecule has 1 unspecified atom stereocenters. The van der Waals surface area contributed by atoms with Gasteiger partial charge in [-0.1, -0.05) is 41.0 Å². The van der Waals surface area contributed by atoms with Crippen molar-refractivity contribution < 1.29 is 0 Å². The number of hydrogen-bond acceptors (Lipinski definition) is 1. The Balaban J connectivity index is 3.66. The lowest BCUT2D eigenvalue weighted by molar-refractivity contribution is 0.349. The molecule has 0 aromatic rings. The van der Waals surface area contributed by atoms with Crippen molar-refractivity contribution in [2.75, 3.05) is 6.54 Å². The number of hydrogen-bond donors (Lipinski definition) is 1. The molecule has 0 aliphatic heterocycles. The summed E-state index contributed by atoms with van der Waals surface area (Å²) < 4.78 is 0. The summed E-state index contributed by atoms with van der Waals surface area (Å²) in [6.07, 6.45) is 5.29. The van der Waals surface area contributed by atoms with Gasteiger partial charge in [-0.3, -0.25) is 0 Å². The molecule has 0 aliphatic rings. The Kier molecular flexibility index (Phi) is 8.26. The van der Waals surface area contributed by atoms with E-state index in [-0.39, 0.29) is 0 Å². The molecule has 1 nitrogen and oxygen atoms in total. The van der Waals surface area contributed by atoms with Crippen LogP contribution in [-0.2, 0) is 0 Å². The van der Waals surface area contributed by atoms with Crippen molar-refractivity contribution in [1.29, 1.82) is 0 Å². The maximum Gasteiger partial charge on any atom is 0.00901 e. The second-order valence-corrected chi connectivity index (χ2v) is 5.13. The van der Waals surface area contributed by atoms with E-state index in [4.69, 9.17) is 0 Å². The predicted molar refractivity (Wildman–Crippen MR) is 65.6 cm³/mol. The Morgan fingerprint density at radius 3 is 2.07 bits per heavy atom. The van der Waals surface area contributed by atoms with Crippen molar-refractivity contribution in [2.45, 2.75) is 66.3 Å². The molecule has 0 aromatic heterocycles. The summed E-state index contributed by atoms with van der Waals surface area (Å²) in [4.78, 5) is 0. The van der Waals surface area contributed by atoms with E-state index in [9.17, 15) is 0 Å². The van der Waals surface area contributed by atoms with Gasteiger partial charge in [0.1, 0.15) is 0 Å². The first-order valence-electron chi connectivity index (χ1n) is 6.31. The fourth-order valence-electron chi connectivity index (χ4n) is 1.65. The fourth-order valence-corrected chi connectivity index (χ4v) is 1.65. The van der Waals surface area contributed by atoms with E-state index in [1.165, 1.54) is 32.2 Å². The van der Waals surface area contributed by atoms with E-state index in [1.54, 1.807) is 0 Å². The zero-order chi connectivity index (χ0) is 11.0. The summed E-state index contributed by atoms with van der Waals surface area (Å²) in [6.45, 7) is 12.7. The van der Waals surface area contributed by atoms with E-state index in [1.807, 2.05) is 0 Å². The lowest BCUT2D eigenvalue weighted by atomic mass is 9.95. The van der Waals surface area contributed by atoms with E-state index < -0.39 is 0 Å². The molecule has 1 N–H and O–H groups in total. The molecule has 0 heterocycles. The van der Waals surface area contributed by atoms with Gasteiger partial charge in [0.05, 0.1) is 0 Å². The second kappa shape index (κ2) is 8.28. The standard InChI is InChI=1S/C13H29N/c1-6-7-10-14-13(12(4)5)9-8-11(2)3/h11-14H,6-10H2,1-5H3. The van der Waals surface area contributed by atoms with Crippen LogP contribution in [0.25, 0.3) is 0 Å². The van der Waals surface area contributed by atoms with Crippen LogP contribution in [0.15, 0.2) is 0 Å². The van der Waals surface area contributed by atoms with Crippen LogP contribution >= 0.6 is 0 Å². The Morgan fingerprint density at radius 1 is 1.00 bits per heavy atom. The molecule has 14 heavy (non-hydrogen) atoms. The summed E-state index contributed by atoms with van der Waals surface area (Å²) in [5, 5.41) is 3.68. The van der Waals surface area contributed by atoms with Gasteiger partial charge in [-0.2, -0.15) is 0 Å². The summed E-state index contributed by atoms with van der Waals surface area (Å²) in [7, 11) is 0. The van der Waals surface area contributed by atoms with E-state index in [0.29, 0.717) is 0 Å². The van der Waals surface area contributed by atoms with Crippen LogP contribution in [0.5, 0.6) is 0 Å². The molecule has 1 atom stereocenters. The normalized spacial score (nSPS) is 13.9. The van der Waals surface area contributed by atoms with Crippen LogP contribution in [-0.4, -0.2) is 12.6 Å². The number of rotatable bonds is 8. The topological polar surface area (TPSA) is 12.0 Å². The molecule has 0 bridgehead atoms. The van der Waals surface area contributed by atoms with Crippen molar-refractivity contribution in [1.82, 2.24) is 5.32 Å².